The van der Waals surface area contributed by atoms with Gasteiger partial charge in [0, 0.05) is 22.8 Å². The number of aromatic nitrogens is 1. The van der Waals surface area contributed by atoms with Crippen molar-refractivity contribution in [2.24, 2.45) is 0 Å². The largest absolute Gasteiger partial charge is 0.497 e. The van der Waals surface area contributed by atoms with Crippen molar-refractivity contribution in [1.82, 2.24) is 4.57 Å². The van der Waals surface area contributed by atoms with Gasteiger partial charge in [0.25, 0.3) is 5.91 Å². The van der Waals surface area contributed by atoms with Gasteiger partial charge in [0.15, 0.2) is 6.61 Å². The number of amides is 1. The van der Waals surface area contributed by atoms with E-state index >= 15 is 0 Å². The van der Waals surface area contributed by atoms with Crippen molar-refractivity contribution in [3.8, 4) is 23.3 Å². The molecule has 0 saturated carbocycles. The van der Waals surface area contributed by atoms with E-state index in [9.17, 15) is 14.9 Å². The zero-order valence-corrected chi connectivity index (χ0v) is 19.4. The summed E-state index contributed by atoms with van der Waals surface area (Å²) in [5, 5.41) is 12.1. The minimum Gasteiger partial charge on any atom is -0.497 e. The molecule has 8 nitrogen and oxygen atoms in total. The van der Waals surface area contributed by atoms with E-state index in [0.717, 1.165) is 22.8 Å². The van der Waals surface area contributed by atoms with Crippen LogP contribution in [0.1, 0.15) is 17.0 Å². The number of methoxy groups -OCH3 is 2. The van der Waals surface area contributed by atoms with Gasteiger partial charge in [-0.1, -0.05) is 0 Å². The van der Waals surface area contributed by atoms with Crippen molar-refractivity contribution in [2.45, 2.75) is 13.8 Å². The number of hydrogen-bond acceptors (Lipinski definition) is 6. The summed E-state index contributed by atoms with van der Waals surface area (Å²) in [6, 6.07) is 18.0. The smallest absolute Gasteiger partial charge is 0.349 e. The zero-order chi connectivity index (χ0) is 24.7. The molecule has 3 rings (SSSR count). The lowest BCUT2D eigenvalue weighted by Crippen LogP contribution is -2.21. The first-order valence-corrected chi connectivity index (χ1v) is 10.4. The molecule has 0 fully saturated rings. The Morgan fingerprint density at radius 1 is 1.00 bits per heavy atom. The Balaban J connectivity index is 1.69. The molecule has 174 valence electrons. The number of aryl methyl sites for hydroxylation is 1. The standard InChI is InChI=1S/C26H25N3O5/c1-17-13-19(18(2)29(17)22-7-11-24(33-4)12-8-22)14-20(15-27)26(31)34-16-25(30)28-21-5-9-23(32-3)10-6-21/h5-14H,16H2,1-4H3,(H,28,30)/b20-14+. The summed E-state index contributed by atoms with van der Waals surface area (Å²) < 4.78 is 17.3. The average Bonchev–Trinajstić information content (AvgIpc) is 3.13. The third-order valence-corrected chi connectivity index (χ3v) is 5.15. The summed E-state index contributed by atoms with van der Waals surface area (Å²) in [5.41, 5.74) is 3.73. The fourth-order valence-electron chi connectivity index (χ4n) is 3.43. The van der Waals surface area contributed by atoms with Crippen LogP contribution in [0.25, 0.3) is 11.8 Å². The lowest BCUT2D eigenvalue weighted by atomic mass is 10.1. The van der Waals surface area contributed by atoms with Crippen LogP contribution in [0.5, 0.6) is 11.5 Å². The topological polar surface area (TPSA) is 103 Å². The molecule has 0 aliphatic carbocycles. The van der Waals surface area contributed by atoms with Crippen LogP contribution in [0.2, 0.25) is 0 Å². The zero-order valence-electron chi connectivity index (χ0n) is 19.4. The Morgan fingerprint density at radius 2 is 1.59 bits per heavy atom. The number of esters is 1. The summed E-state index contributed by atoms with van der Waals surface area (Å²) in [6.07, 6.45) is 1.46. The SMILES string of the molecule is COc1ccc(NC(=O)COC(=O)/C(C#N)=C/c2cc(C)n(-c3ccc(OC)cc3)c2C)cc1. The minimum atomic E-state index is -0.873. The Morgan fingerprint density at radius 3 is 2.15 bits per heavy atom. The van der Waals surface area contributed by atoms with Crippen LogP contribution in [-0.4, -0.2) is 37.3 Å². The Labute approximate surface area is 198 Å². The van der Waals surface area contributed by atoms with Crippen molar-refractivity contribution in [2.75, 3.05) is 26.1 Å². The third kappa shape index (κ3) is 5.64. The van der Waals surface area contributed by atoms with Crippen LogP contribution in [0.15, 0.2) is 60.2 Å². The van der Waals surface area contributed by atoms with E-state index in [1.165, 1.54) is 6.08 Å². The highest BCUT2D eigenvalue weighted by atomic mass is 16.5. The lowest BCUT2D eigenvalue weighted by molar-refractivity contribution is -0.142. The van der Waals surface area contributed by atoms with Gasteiger partial charge in [0.05, 0.1) is 14.2 Å². The van der Waals surface area contributed by atoms with Crippen LogP contribution in [0, 0.1) is 25.2 Å². The van der Waals surface area contributed by atoms with Crippen molar-refractivity contribution in [1.29, 1.82) is 5.26 Å². The Bertz CT molecular complexity index is 1250. The van der Waals surface area contributed by atoms with E-state index in [-0.39, 0.29) is 5.57 Å². The normalized spacial score (nSPS) is 10.9. The Kier molecular flexibility index (Phi) is 7.72. The molecule has 1 N–H and O–H groups in total. The fraction of sp³-hybridized carbons (Fsp3) is 0.192. The first-order chi connectivity index (χ1) is 16.4. The van der Waals surface area contributed by atoms with E-state index in [0.29, 0.717) is 17.0 Å². The molecule has 0 spiro atoms. The van der Waals surface area contributed by atoms with Gasteiger partial charge in [0.1, 0.15) is 23.1 Å². The van der Waals surface area contributed by atoms with Gasteiger partial charge in [-0.15, -0.1) is 0 Å². The maximum absolute atomic E-state index is 12.4. The summed E-state index contributed by atoms with van der Waals surface area (Å²) in [6.45, 7) is 3.31. The van der Waals surface area contributed by atoms with Crippen LogP contribution < -0.4 is 14.8 Å². The molecule has 1 aromatic heterocycles. The fourth-order valence-corrected chi connectivity index (χ4v) is 3.43. The highest BCUT2D eigenvalue weighted by Gasteiger charge is 2.16. The molecular formula is C26H25N3O5. The molecule has 0 radical (unpaired) electrons. The second-order valence-corrected chi connectivity index (χ2v) is 7.38. The lowest BCUT2D eigenvalue weighted by Gasteiger charge is -2.10. The number of carbonyl (C=O) groups excluding carboxylic acids is 2. The highest BCUT2D eigenvalue weighted by molar-refractivity contribution is 6.00. The van der Waals surface area contributed by atoms with Crippen molar-refractivity contribution in [3.63, 3.8) is 0 Å². The van der Waals surface area contributed by atoms with Crippen LogP contribution in [0.3, 0.4) is 0 Å². The number of benzene rings is 2. The molecule has 0 atom stereocenters. The second kappa shape index (κ2) is 10.9. The monoisotopic (exact) mass is 459 g/mol. The van der Waals surface area contributed by atoms with Gasteiger partial charge in [-0.3, -0.25) is 4.79 Å². The molecular weight excluding hydrogens is 434 g/mol. The second-order valence-electron chi connectivity index (χ2n) is 7.38. The molecule has 1 amide bonds. The molecule has 0 unspecified atom stereocenters. The number of rotatable bonds is 8. The van der Waals surface area contributed by atoms with E-state index in [2.05, 4.69) is 5.32 Å². The van der Waals surface area contributed by atoms with Gasteiger partial charge in [-0.05, 0) is 80.1 Å². The van der Waals surface area contributed by atoms with Crippen LogP contribution >= 0.6 is 0 Å². The van der Waals surface area contributed by atoms with Gasteiger partial charge >= 0.3 is 5.97 Å². The molecule has 1 heterocycles. The number of anilines is 1. The van der Waals surface area contributed by atoms with Crippen LogP contribution in [0.4, 0.5) is 5.69 Å². The molecule has 0 aliphatic rings. The van der Waals surface area contributed by atoms with Gasteiger partial charge in [-0.2, -0.15) is 5.26 Å². The van der Waals surface area contributed by atoms with Crippen molar-refractivity contribution >= 4 is 23.6 Å². The number of carbonyl (C=O) groups is 2. The predicted octanol–water partition coefficient (Wildman–Crippen LogP) is 4.20. The van der Waals surface area contributed by atoms with Gasteiger partial charge in [-0.25, -0.2) is 4.79 Å². The average molecular weight is 460 g/mol. The maximum atomic E-state index is 12.4. The van der Waals surface area contributed by atoms with E-state index in [1.807, 2.05) is 54.8 Å². The number of nitrogens with one attached hydrogen (secondary N) is 1. The van der Waals surface area contributed by atoms with Gasteiger partial charge < -0.3 is 24.1 Å². The maximum Gasteiger partial charge on any atom is 0.349 e. The highest BCUT2D eigenvalue weighted by Crippen LogP contribution is 2.24. The number of nitriles is 1. The van der Waals surface area contributed by atoms with Crippen molar-refractivity contribution in [3.05, 3.63) is 77.1 Å². The molecule has 0 aliphatic heterocycles. The molecule has 3 aromatic rings. The summed E-state index contributed by atoms with van der Waals surface area (Å²) in [7, 11) is 3.15. The molecule has 8 heteroatoms. The molecule has 0 bridgehead atoms. The quantitative estimate of drug-likeness (QED) is 0.308. The first kappa shape index (κ1) is 24.1. The molecule has 0 saturated heterocycles. The van der Waals surface area contributed by atoms with E-state index < -0.39 is 18.5 Å². The Hall–Kier alpha value is -4.51. The summed E-state index contributed by atoms with van der Waals surface area (Å²) in [4.78, 5) is 24.5. The number of hydrogen-bond donors (Lipinski definition) is 1. The van der Waals surface area contributed by atoms with Gasteiger partial charge in [0.2, 0.25) is 0 Å². The number of nitrogens with zero attached hydrogens (tertiary/aromatic N) is 2. The summed E-state index contributed by atoms with van der Waals surface area (Å²) >= 11 is 0. The summed E-state index contributed by atoms with van der Waals surface area (Å²) in [5.74, 6) is 0.00609. The predicted molar refractivity (Wildman–Crippen MR) is 128 cm³/mol. The number of ether oxygens (including phenoxy) is 3. The third-order valence-electron chi connectivity index (χ3n) is 5.15. The molecule has 2 aromatic carbocycles. The minimum absolute atomic E-state index is 0.202. The van der Waals surface area contributed by atoms with E-state index in [1.54, 1.807) is 38.5 Å². The van der Waals surface area contributed by atoms with Crippen LogP contribution in [-0.2, 0) is 14.3 Å². The van der Waals surface area contributed by atoms with Crippen molar-refractivity contribution < 1.29 is 23.8 Å². The molecule has 34 heavy (non-hydrogen) atoms. The first-order valence-electron chi connectivity index (χ1n) is 10.4. The van der Waals surface area contributed by atoms with E-state index in [4.69, 9.17) is 14.2 Å².